The van der Waals surface area contributed by atoms with E-state index in [0.717, 1.165) is 25.0 Å². The Labute approximate surface area is 127 Å². The highest BCUT2D eigenvalue weighted by atomic mass is 16.5. The van der Waals surface area contributed by atoms with Crippen LogP contribution in [0.1, 0.15) is 12.8 Å². The summed E-state index contributed by atoms with van der Waals surface area (Å²) >= 11 is 0. The van der Waals surface area contributed by atoms with Crippen LogP contribution in [0.25, 0.3) is 11.5 Å². The molecule has 0 unspecified atom stereocenters. The second-order valence-corrected chi connectivity index (χ2v) is 5.00. The molecular formula is C15H17N3O4. The minimum absolute atomic E-state index is 0.0212. The zero-order chi connectivity index (χ0) is 15.2. The van der Waals surface area contributed by atoms with E-state index in [9.17, 15) is 4.79 Å². The van der Waals surface area contributed by atoms with Gasteiger partial charge in [0.05, 0.1) is 6.10 Å². The molecule has 2 heterocycles. The van der Waals surface area contributed by atoms with Gasteiger partial charge in [0.1, 0.15) is 5.75 Å². The van der Waals surface area contributed by atoms with Crippen molar-refractivity contribution in [3.8, 4) is 17.2 Å². The molecule has 7 nitrogen and oxygen atoms in total. The standard InChI is InChI=1S/C15H17N3O4/c19-14(16-8-13-2-1-7-20-13)9-21-12-5-3-11(4-6-12)15-18-17-10-22-15/h3-6,10,13H,1-2,7-9H2,(H,16,19)/t13-/m1/s1. The summed E-state index contributed by atoms with van der Waals surface area (Å²) in [6, 6.07) is 7.11. The van der Waals surface area contributed by atoms with E-state index >= 15 is 0 Å². The molecule has 1 fully saturated rings. The third-order valence-corrected chi connectivity index (χ3v) is 3.38. The Balaban J connectivity index is 1.43. The molecular weight excluding hydrogens is 286 g/mol. The van der Waals surface area contributed by atoms with Gasteiger partial charge in [0.2, 0.25) is 12.3 Å². The maximum Gasteiger partial charge on any atom is 0.258 e. The van der Waals surface area contributed by atoms with Crippen LogP contribution in [-0.4, -0.2) is 42.0 Å². The lowest BCUT2D eigenvalue weighted by atomic mass is 10.2. The van der Waals surface area contributed by atoms with Crippen molar-refractivity contribution in [1.29, 1.82) is 0 Å². The van der Waals surface area contributed by atoms with Gasteiger partial charge in [0.25, 0.3) is 5.91 Å². The topological polar surface area (TPSA) is 86.5 Å². The molecule has 22 heavy (non-hydrogen) atoms. The highest BCUT2D eigenvalue weighted by molar-refractivity contribution is 5.77. The summed E-state index contributed by atoms with van der Waals surface area (Å²) in [5.74, 6) is 0.896. The van der Waals surface area contributed by atoms with E-state index in [1.807, 2.05) is 0 Å². The van der Waals surface area contributed by atoms with Gasteiger partial charge in [0, 0.05) is 18.7 Å². The van der Waals surface area contributed by atoms with Gasteiger partial charge in [-0.25, -0.2) is 0 Å². The molecule has 1 aromatic carbocycles. The zero-order valence-electron chi connectivity index (χ0n) is 12.0. The van der Waals surface area contributed by atoms with Gasteiger partial charge in [-0.2, -0.15) is 0 Å². The summed E-state index contributed by atoms with van der Waals surface area (Å²) in [4.78, 5) is 11.7. The highest BCUT2D eigenvalue weighted by Crippen LogP contribution is 2.20. The van der Waals surface area contributed by atoms with Crippen LogP contribution >= 0.6 is 0 Å². The van der Waals surface area contributed by atoms with E-state index in [4.69, 9.17) is 13.9 Å². The van der Waals surface area contributed by atoms with Crippen molar-refractivity contribution < 1.29 is 18.7 Å². The Morgan fingerprint density at radius 3 is 2.91 bits per heavy atom. The van der Waals surface area contributed by atoms with Crippen LogP contribution in [0.2, 0.25) is 0 Å². The first-order chi connectivity index (χ1) is 10.8. The maximum absolute atomic E-state index is 11.7. The van der Waals surface area contributed by atoms with Crippen LogP contribution in [0.5, 0.6) is 5.75 Å². The molecule has 1 amide bonds. The van der Waals surface area contributed by atoms with Crippen LogP contribution in [0.4, 0.5) is 0 Å². The SMILES string of the molecule is O=C(COc1ccc(-c2nnco2)cc1)NC[C@H]1CCCO1. The minimum Gasteiger partial charge on any atom is -0.484 e. The van der Waals surface area contributed by atoms with Crippen molar-refractivity contribution in [2.75, 3.05) is 19.8 Å². The fourth-order valence-corrected chi connectivity index (χ4v) is 2.23. The summed E-state index contributed by atoms with van der Waals surface area (Å²) < 4.78 is 16.0. The van der Waals surface area contributed by atoms with Crippen LogP contribution in [0.3, 0.4) is 0 Å². The van der Waals surface area contributed by atoms with E-state index in [-0.39, 0.29) is 18.6 Å². The van der Waals surface area contributed by atoms with Crippen LogP contribution < -0.4 is 10.1 Å². The van der Waals surface area contributed by atoms with Crippen molar-refractivity contribution in [2.45, 2.75) is 18.9 Å². The summed E-state index contributed by atoms with van der Waals surface area (Å²) in [5.41, 5.74) is 0.799. The molecule has 2 aromatic rings. The Bertz CT molecular complexity index is 592. The molecule has 0 radical (unpaired) electrons. The predicted molar refractivity (Wildman–Crippen MR) is 77.2 cm³/mol. The number of nitrogens with zero attached hydrogens (tertiary/aromatic N) is 2. The predicted octanol–water partition coefficient (Wildman–Crippen LogP) is 1.41. The lowest BCUT2D eigenvalue weighted by molar-refractivity contribution is -0.123. The number of amides is 1. The molecule has 0 aliphatic carbocycles. The molecule has 0 saturated carbocycles. The number of carbonyl (C=O) groups is 1. The quantitative estimate of drug-likeness (QED) is 0.868. The Kier molecular flexibility index (Phi) is 4.65. The molecule has 0 bridgehead atoms. The molecule has 1 aromatic heterocycles. The summed E-state index contributed by atoms with van der Waals surface area (Å²) in [5, 5.41) is 10.2. The fraction of sp³-hybridized carbons (Fsp3) is 0.400. The van der Waals surface area contributed by atoms with Crippen LogP contribution in [0, 0.1) is 0 Å². The van der Waals surface area contributed by atoms with Gasteiger partial charge in [-0.3, -0.25) is 4.79 Å². The minimum atomic E-state index is -0.156. The number of benzene rings is 1. The second-order valence-electron chi connectivity index (χ2n) is 5.00. The van der Waals surface area contributed by atoms with Crippen molar-refractivity contribution >= 4 is 5.91 Å². The molecule has 1 N–H and O–H groups in total. The van der Waals surface area contributed by atoms with Gasteiger partial charge < -0.3 is 19.2 Å². The van der Waals surface area contributed by atoms with Gasteiger partial charge in [-0.1, -0.05) is 0 Å². The Morgan fingerprint density at radius 1 is 1.36 bits per heavy atom. The second kappa shape index (κ2) is 7.04. The van der Waals surface area contributed by atoms with Crippen molar-refractivity contribution in [3.63, 3.8) is 0 Å². The summed E-state index contributed by atoms with van der Waals surface area (Å²) in [6.45, 7) is 1.30. The lowest BCUT2D eigenvalue weighted by Gasteiger charge is -2.11. The third-order valence-electron chi connectivity index (χ3n) is 3.38. The van der Waals surface area contributed by atoms with Crippen LogP contribution in [0.15, 0.2) is 35.1 Å². The van der Waals surface area contributed by atoms with E-state index in [1.165, 1.54) is 6.39 Å². The van der Waals surface area contributed by atoms with Gasteiger partial charge in [-0.05, 0) is 37.1 Å². The largest absolute Gasteiger partial charge is 0.484 e. The first-order valence-electron chi connectivity index (χ1n) is 7.19. The van der Waals surface area contributed by atoms with Crippen molar-refractivity contribution in [2.24, 2.45) is 0 Å². The van der Waals surface area contributed by atoms with Gasteiger partial charge in [0.15, 0.2) is 6.61 Å². The Morgan fingerprint density at radius 2 is 2.23 bits per heavy atom. The number of hydrogen-bond acceptors (Lipinski definition) is 6. The first-order valence-corrected chi connectivity index (χ1v) is 7.19. The summed E-state index contributed by atoms with van der Waals surface area (Å²) in [6.07, 6.45) is 3.47. The van der Waals surface area contributed by atoms with E-state index in [1.54, 1.807) is 24.3 Å². The van der Waals surface area contributed by atoms with Gasteiger partial charge >= 0.3 is 0 Å². The van der Waals surface area contributed by atoms with Crippen LogP contribution in [-0.2, 0) is 9.53 Å². The summed E-state index contributed by atoms with van der Waals surface area (Å²) in [7, 11) is 0. The number of rotatable bonds is 6. The molecule has 1 aliphatic heterocycles. The van der Waals surface area contributed by atoms with E-state index < -0.39 is 0 Å². The lowest BCUT2D eigenvalue weighted by Crippen LogP contribution is -2.35. The molecule has 7 heteroatoms. The number of ether oxygens (including phenoxy) is 2. The number of hydrogen-bond donors (Lipinski definition) is 1. The number of aromatic nitrogens is 2. The Hall–Kier alpha value is -2.41. The van der Waals surface area contributed by atoms with E-state index in [2.05, 4.69) is 15.5 Å². The number of nitrogens with one attached hydrogen (secondary N) is 1. The third kappa shape index (κ3) is 3.82. The highest BCUT2D eigenvalue weighted by Gasteiger charge is 2.16. The molecule has 1 atom stereocenters. The molecule has 1 saturated heterocycles. The molecule has 116 valence electrons. The zero-order valence-corrected chi connectivity index (χ0v) is 12.0. The first kappa shape index (κ1) is 14.5. The molecule has 0 spiro atoms. The van der Waals surface area contributed by atoms with E-state index in [0.29, 0.717) is 18.2 Å². The average Bonchev–Trinajstić information content (AvgIpc) is 3.24. The smallest absolute Gasteiger partial charge is 0.258 e. The maximum atomic E-state index is 11.7. The van der Waals surface area contributed by atoms with Crippen molar-refractivity contribution in [1.82, 2.24) is 15.5 Å². The number of carbonyl (C=O) groups excluding carboxylic acids is 1. The fourth-order valence-electron chi connectivity index (χ4n) is 2.23. The van der Waals surface area contributed by atoms with Crippen molar-refractivity contribution in [3.05, 3.63) is 30.7 Å². The van der Waals surface area contributed by atoms with Gasteiger partial charge in [-0.15, -0.1) is 10.2 Å². The monoisotopic (exact) mass is 303 g/mol. The normalized spacial score (nSPS) is 17.4. The average molecular weight is 303 g/mol. The molecule has 3 rings (SSSR count). The molecule has 1 aliphatic rings.